The maximum Gasteiger partial charge on any atom is 0.319 e. The smallest absolute Gasteiger partial charge is 0.319 e. The molecule has 0 aliphatic heterocycles. The van der Waals surface area contributed by atoms with E-state index >= 15 is 0 Å². The fourth-order valence-electron chi connectivity index (χ4n) is 2.11. The fraction of sp³-hybridized carbons (Fsp3) is 0.222. The van der Waals surface area contributed by atoms with E-state index < -0.39 is 0 Å². The van der Waals surface area contributed by atoms with E-state index in [9.17, 15) is 9.59 Å². The van der Waals surface area contributed by atoms with Crippen molar-refractivity contribution in [1.29, 1.82) is 0 Å². The SMILES string of the molecule is CC(=O)c1ccc(C)c(NC(=O)NCCc2ccccc2)c1. The predicted octanol–water partition coefficient (Wildman–Crippen LogP) is 3.56. The number of hydrogen-bond donors (Lipinski definition) is 2. The van der Waals surface area contributed by atoms with Crippen molar-refractivity contribution in [2.75, 3.05) is 11.9 Å². The molecule has 2 amide bonds. The van der Waals surface area contributed by atoms with Crippen molar-refractivity contribution in [3.05, 3.63) is 65.2 Å². The average molecular weight is 296 g/mol. The quantitative estimate of drug-likeness (QED) is 0.829. The first-order chi connectivity index (χ1) is 10.6. The lowest BCUT2D eigenvalue weighted by Crippen LogP contribution is -2.30. The van der Waals surface area contributed by atoms with Crippen LogP contribution in [0.15, 0.2) is 48.5 Å². The number of Topliss-reactive ketones (excluding diaryl/α,β-unsaturated/α-hetero) is 1. The van der Waals surface area contributed by atoms with Crippen LogP contribution in [0, 0.1) is 6.92 Å². The van der Waals surface area contributed by atoms with Gasteiger partial charge >= 0.3 is 6.03 Å². The zero-order valence-corrected chi connectivity index (χ0v) is 12.8. The molecule has 2 aromatic carbocycles. The Hall–Kier alpha value is -2.62. The van der Waals surface area contributed by atoms with Gasteiger partial charge in [-0.2, -0.15) is 0 Å². The maximum absolute atomic E-state index is 11.9. The summed E-state index contributed by atoms with van der Waals surface area (Å²) in [7, 11) is 0. The van der Waals surface area contributed by atoms with Gasteiger partial charge in [0.2, 0.25) is 0 Å². The molecule has 0 fully saturated rings. The number of nitrogens with one attached hydrogen (secondary N) is 2. The summed E-state index contributed by atoms with van der Waals surface area (Å²) in [5.74, 6) is -0.0208. The first kappa shape index (κ1) is 15.8. The van der Waals surface area contributed by atoms with E-state index in [1.807, 2.05) is 43.3 Å². The summed E-state index contributed by atoms with van der Waals surface area (Å²) >= 11 is 0. The van der Waals surface area contributed by atoms with Gasteiger partial charge in [0.1, 0.15) is 0 Å². The van der Waals surface area contributed by atoms with Gasteiger partial charge in [0.25, 0.3) is 0 Å². The standard InChI is InChI=1S/C18H20N2O2/c1-13-8-9-16(14(2)21)12-17(13)20-18(22)19-11-10-15-6-4-3-5-7-15/h3-9,12H,10-11H2,1-2H3,(H2,19,20,22). The van der Waals surface area contributed by atoms with Crippen LogP contribution < -0.4 is 10.6 Å². The molecule has 2 N–H and O–H groups in total. The van der Waals surface area contributed by atoms with E-state index in [-0.39, 0.29) is 11.8 Å². The molecule has 0 radical (unpaired) electrons. The van der Waals surface area contributed by atoms with Gasteiger partial charge in [-0.1, -0.05) is 42.5 Å². The van der Waals surface area contributed by atoms with Crippen molar-refractivity contribution >= 4 is 17.5 Å². The number of ketones is 1. The fourth-order valence-corrected chi connectivity index (χ4v) is 2.11. The number of anilines is 1. The molecule has 4 heteroatoms. The van der Waals surface area contributed by atoms with E-state index in [0.717, 1.165) is 12.0 Å². The molecular weight excluding hydrogens is 276 g/mol. The first-order valence-corrected chi connectivity index (χ1v) is 7.26. The lowest BCUT2D eigenvalue weighted by atomic mass is 10.1. The largest absolute Gasteiger partial charge is 0.338 e. The summed E-state index contributed by atoms with van der Waals surface area (Å²) in [5, 5.41) is 5.61. The van der Waals surface area contributed by atoms with E-state index in [2.05, 4.69) is 10.6 Å². The highest BCUT2D eigenvalue weighted by atomic mass is 16.2. The average Bonchev–Trinajstić information content (AvgIpc) is 2.50. The predicted molar refractivity (Wildman–Crippen MR) is 88.4 cm³/mol. The molecule has 2 rings (SSSR count). The Morgan fingerprint density at radius 1 is 1.05 bits per heavy atom. The van der Waals surface area contributed by atoms with Crippen LogP contribution >= 0.6 is 0 Å². The Morgan fingerprint density at radius 2 is 1.77 bits per heavy atom. The topological polar surface area (TPSA) is 58.2 Å². The van der Waals surface area contributed by atoms with Crippen LogP contribution in [0.1, 0.15) is 28.4 Å². The van der Waals surface area contributed by atoms with Crippen LogP contribution in [0.2, 0.25) is 0 Å². The molecule has 0 aromatic heterocycles. The highest BCUT2D eigenvalue weighted by Crippen LogP contribution is 2.17. The van der Waals surface area contributed by atoms with Gasteiger partial charge in [-0.15, -0.1) is 0 Å². The van der Waals surface area contributed by atoms with Crippen LogP contribution in [0.25, 0.3) is 0 Å². The summed E-state index contributed by atoms with van der Waals surface area (Å²) in [5.41, 5.74) is 3.34. The van der Waals surface area contributed by atoms with Crippen LogP contribution in [0.3, 0.4) is 0 Å². The summed E-state index contributed by atoms with van der Waals surface area (Å²) in [6, 6.07) is 15.0. The summed E-state index contributed by atoms with van der Waals surface area (Å²) < 4.78 is 0. The number of hydrogen-bond acceptors (Lipinski definition) is 2. The minimum Gasteiger partial charge on any atom is -0.338 e. The summed E-state index contributed by atoms with van der Waals surface area (Å²) in [6.07, 6.45) is 0.778. The van der Waals surface area contributed by atoms with Crippen molar-refractivity contribution in [1.82, 2.24) is 5.32 Å². The minimum atomic E-state index is -0.264. The number of carbonyl (C=O) groups excluding carboxylic acids is 2. The highest BCUT2D eigenvalue weighted by molar-refractivity contribution is 5.97. The Kier molecular flexibility index (Phi) is 5.31. The number of rotatable bonds is 5. The van der Waals surface area contributed by atoms with Gasteiger partial charge in [-0.3, -0.25) is 4.79 Å². The van der Waals surface area contributed by atoms with Crippen molar-refractivity contribution in [3.63, 3.8) is 0 Å². The molecule has 0 aliphatic rings. The zero-order chi connectivity index (χ0) is 15.9. The maximum atomic E-state index is 11.9. The third-order valence-electron chi connectivity index (χ3n) is 3.43. The molecule has 4 nitrogen and oxygen atoms in total. The first-order valence-electron chi connectivity index (χ1n) is 7.26. The second kappa shape index (κ2) is 7.41. The molecule has 0 unspecified atom stereocenters. The summed E-state index contributed by atoms with van der Waals surface area (Å²) in [4.78, 5) is 23.3. The number of benzene rings is 2. The van der Waals surface area contributed by atoms with Gasteiger partial charge in [0, 0.05) is 17.8 Å². The summed E-state index contributed by atoms with van der Waals surface area (Å²) in [6.45, 7) is 3.96. The monoisotopic (exact) mass is 296 g/mol. The van der Waals surface area contributed by atoms with Gasteiger partial charge in [-0.05, 0) is 37.5 Å². The molecular formula is C18H20N2O2. The lowest BCUT2D eigenvalue weighted by molar-refractivity contribution is 0.101. The minimum absolute atomic E-state index is 0.0208. The van der Waals surface area contributed by atoms with Gasteiger partial charge in [0.05, 0.1) is 0 Å². The third kappa shape index (κ3) is 4.45. The Balaban J connectivity index is 1.89. The Labute approximate surface area is 130 Å². The highest BCUT2D eigenvalue weighted by Gasteiger charge is 2.07. The molecule has 0 aliphatic carbocycles. The third-order valence-corrected chi connectivity index (χ3v) is 3.43. The number of carbonyl (C=O) groups is 2. The van der Waals surface area contributed by atoms with Crippen LogP contribution in [0.4, 0.5) is 10.5 Å². The van der Waals surface area contributed by atoms with E-state index in [1.165, 1.54) is 12.5 Å². The van der Waals surface area contributed by atoms with E-state index in [0.29, 0.717) is 17.8 Å². The van der Waals surface area contributed by atoms with Crippen LogP contribution in [0.5, 0.6) is 0 Å². The van der Waals surface area contributed by atoms with Gasteiger partial charge < -0.3 is 10.6 Å². The molecule has 0 bridgehead atoms. The van der Waals surface area contributed by atoms with Gasteiger partial charge in [-0.25, -0.2) is 4.79 Å². The molecule has 114 valence electrons. The molecule has 0 spiro atoms. The van der Waals surface area contributed by atoms with E-state index in [4.69, 9.17) is 0 Å². The van der Waals surface area contributed by atoms with Crippen molar-refractivity contribution in [2.24, 2.45) is 0 Å². The van der Waals surface area contributed by atoms with Crippen molar-refractivity contribution < 1.29 is 9.59 Å². The molecule has 2 aromatic rings. The number of urea groups is 1. The lowest BCUT2D eigenvalue weighted by Gasteiger charge is -2.11. The Bertz CT molecular complexity index is 666. The number of amides is 2. The van der Waals surface area contributed by atoms with E-state index in [1.54, 1.807) is 12.1 Å². The molecule has 22 heavy (non-hydrogen) atoms. The van der Waals surface area contributed by atoms with Crippen LogP contribution in [-0.4, -0.2) is 18.4 Å². The number of aryl methyl sites for hydroxylation is 1. The van der Waals surface area contributed by atoms with Crippen molar-refractivity contribution in [2.45, 2.75) is 20.3 Å². The Morgan fingerprint density at radius 3 is 2.45 bits per heavy atom. The van der Waals surface area contributed by atoms with Gasteiger partial charge in [0.15, 0.2) is 5.78 Å². The molecule has 0 atom stereocenters. The molecule has 0 heterocycles. The molecule has 0 saturated heterocycles. The second-order valence-electron chi connectivity index (χ2n) is 5.20. The molecule has 0 saturated carbocycles. The second-order valence-corrected chi connectivity index (χ2v) is 5.20. The normalized spacial score (nSPS) is 10.1. The van der Waals surface area contributed by atoms with Crippen LogP contribution in [-0.2, 0) is 6.42 Å². The zero-order valence-electron chi connectivity index (χ0n) is 12.8. The van der Waals surface area contributed by atoms with Crippen molar-refractivity contribution in [3.8, 4) is 0 Å².